The summed E-state index contributed by atoms with van der Waals surface area (Å²) in [5, 5.41) is 3.60. The summed E-state index contributed by atoms with van der Waals surface area (Å²) in [4.78, 5) is 16.1. The van der Waals surface area contributed by atoms with Crippen molar-refractivity contribution in [1.29, 1.82) is 0 Å². The molecule has 0 radical (unpaired) electrons. The van der Waals surface area contributed by atoms with E-state index in [2.05, 4.69) is 26.2 Å². The maximum Gasteiger partial charge on any atom is 0.331 e. The van der Waals surface area contributed by atoms with Gasteiger partial charge >= 0.3 is 5.97 Å². The molecule has 3 rings (SSSR count). The molecular formula is C14H20BrN3O3. The average molecular weight is 358 g/mol. The maximum absolute atomic E-state index is 11.5. The highest BCUT2D eigenvalue weighted by atomic mass is 79.9. The summed E-state index contributed by atoms with van der Waals surface area (Å²) in [6.07, 6.45) is 5.89. The Bertz CT molecular complexity index is 534. The number of hydrogen-bond acceptors (Lipinski definition) is 5. The lowest BCUT2D eigenvalue weighted by Gasteiger charge is -2.40. The Morgan fingerprint density at radius 2 is 2.19 bits per heavy atom. The normalized spacial score (nSPS) is 31.4. The number of fused-ring (bicyclic) bond motifs is 2. The van der Waals surface area contributed by atoms with Gasteiger partial charge in [0.25, 0.3) is 0 Å². The molecular weight excluding hydrogens is 338 g/mol. The molecule has 0 aliphatic carbocycles. The summed E-state index contributed by atoms with van der Waals surface area (Å²) in [6, 6.07) is 0.855. The van der Waals surface area contributed by atoms with Gasteiger partial charge in [-0.3, -0.25) is 0 Å². The lowest BCUT2D eigenvalue weighted by atomic mass is 9.86. The van der Waals surface area contributed by atoms with Crippen LogP contribution in [0.2, 0.25) is 0 Å². The number of carbonyl (C=O) groups is 1. The van der Waals surface area contributed by atoms with Crippen LogP contribution in [0.3, 0.4) is 0 Å². The van der Waals surface area contributed by atoms with E-state index >= 15 is 0 Å². The van der Waals surface area contributed by atoms with Crippen LogP contribution >= 0.6 is 15.9 Å². The second-order valence-electron chi connectivity index (χ2n) is 5.90. The van der Waals surface area contributed by atoms with E-state index in [9.17, 15) is 4.79 Å². The van der Waals surface area contributed by atoms with Gasteiger partial charge in [-0.25, -0.2) is 9.78 Å². The molecule has 7 heteroatoms. The van der Waals surface area contributed by atoms with Crippen LogP contribution in [0, 0.1) is 0 Å². The summed E-state index contributed by atoms with van der Waals surface area (Å²) < 4.78 is 13.5. The van der Waals surface area contributed by atoms with E-state index < -0.39 is 5.60 Å². The molecule has 3 heterocycles. The number of nitrogens with one attached hydrogen (secondary N) is 1. The van der Waals surface area contributed by atoms with Gasteiger partial charge in [-0.15, -0.1) is 0 Å². The standard InChI is InChI=1S/C14H20BrN3O3/c1-18-7-11(15)17-13(18)14(21-8-12(19)20-2)5-9-3-4-10(6-14)16-9/h7,9-10,16H,3-6,8H2,1-2H3. The topological polar surface area (TPSA) is 65.4 Å². The highest BCUT2D eigenvalue weighted by Crippen LogP contribution is 2.43. The first-order valence-electron chi connectivity index (χ1n) is 7.18. The summed E-state index contributed by atoms with van der Waals surface area (Å²) in [5.41, 5.74) is -0.522. The first-order valence-corrected chi connectivity index (χ1v) is 7.98. The maximum atomic E-state index is 11.5. The van der Waals surface area contributed by atoms with Crippen molar-refractivity contribution in [2.24, 2.45) is 7.05 Å². The number of ether oxygens (including phenoxy) is 2. The minimum atomic E-state index is -0.522. The molecule has 0 saturated carbocycles. The van der Waals surface area contributed by atoms with Gasteiger partial charge in [0.05, 0.1) is 7.11 Å². The molecule has 1 aromatic heterocycles. The molecule has 0 spiro atoms. The van der Waals surface area contributed by atoms with Gasteiger partial charge in [0.2, 0.25) is 0 Å². The van der Waals surface area contributed by atoms with Crippen molar-refractivity contribution < 1.29 is 14.3 Å². The van der Waals surface area contributed by atoms with Crippen molar-refractivity contribution in [2.75, 3.05) is 13.7 Å². The van der Waals surface area contributed by atoms with Crippen LogP contribution in [0.4, 0.5) is 0 Å². The van der Waals surface area contributed by atoms with Gasteiger partial charge in [0, 0.05) is 25.3 Å². The van der Waals surface area contributed by atoms with Crippen LogP contribution in [0.1, 0.15) is 31.5 Å². The Hall–Kier alpha value is -0.920. The first kappa shape index (κ1) is 15.0. The molecule has 2 fully saturated rings. The fourth-order valence-electron chi connectivity index (χ4n) is 3.58. The molecule has 1 aromatic rings. The van der Waals surface area contributed by atoms with Gasteiger partial charge in [0.15, 0.2) is 0 Å². The van der Waals surface area contributed by atoms with Crippen LogP contribution in [0.25, 0.3) is 0 Å². The Morgan fingerprint density at radius 3 is 2.71 bits per heavy atom. The van der Waals surface area contributed by atoms with Crippen molar-refractivity contribution in [3.63, 3.8) is 0 Å². The SMILES string of the molecule is COC(=O)COC1(c2nc(Br)cn2C)CC2CCC(C1)N2. The van der Waals surface area contributed by atoms with Gasteiger partial charge in [0.1, 0.15) is 22.6 Å². The van der Waals surface area contributed by atoms with Crippen molar-refractivity contribution in [3.8, 4) is 0 Å². The van der Waals surface area contributed by atoms with Gasteiger partial charge in [-0.1, -0.05) is 0 Å². The van der Waals surface area contributed by atoms with Crippen LogP contribution in [-0.2, 0) is 26.9 Å². The quantitative estimate of drug-likeness (QED) is 0.826. The number of carbonyl (C=O) groups excluding carboxylic acids is 1. The van der Waals surface area contributed by atoms with Crippen LogP contribution in [0.15, 0.2) is 10.8 Å². The van der Waals surface area contributed by atoms with Crippen molar-refractivity contribution in [3.05, 3.63) is 16.6 Å². The van der Waals surface area contributed by atoms with Crippen LogP contribution in [-0.4, -0.2) is 41.3 Å². The number of nitrogens with zero attached hydrogens (tertiary/aromatic N) is 2. The number of aryl methyl sites for hydroxylation is 1. The predicted octanol–water partition coefficient (Wildman–Crippen LogP) is 1.48. The molecule has 2 aliphatic rings. The zero-order chi connectivity index (χ0) is 15.0. The van der Waals surface area contributed by atoms with Crippen molar-refractivity contribution in [2.45, 2.75) is 43.4 Å². The number of aromatic nitrogens is 2. The zero-order valence-electron chi connectivity index (χ0n) is 12.3. The number of esters is 1. The lowest BCUT2D eigenvalue weighted by Crippen LogP contribution is -2.49. The Kier molecular flexibility index (Phi) is 4.07. The number of hydrogen-bond donors (Lipinski definition) is 1. The van der Waals surface area contributed by atoms with E-state index in [-0.39, 0.29) is 12.6 Å². The third-order valence-electron chi connectivity index (χ3n) is 4.44. The van der Waals surface area contributed by atoms with Gasteiger partial charge in [-0.05, 0) is 41.6 Å². The molecule has 2 saturated heterocycles. The summed E-state index contributed by atoms with van der Waals surface area (Å²) >= 11 is 3.42. The first-order chi connectivity index (χ1) is 10.0. The Balaban J connectivity index is 1.91. The third kappa shape index (κ3) is 2.86. The highest BCUT2D eigenvalue weighted by Gasteiger charge is 2.48. The summed E-state index contributed by atoms with van der Waals surface area (Å²) in [7, 11) is 3.34. The van der Waals surface area contributed by atoms with E-state index in [1.807, 2.05) is 17.8 Å². The number of halogens is 1. The second-order valence-corrected chi connectivity index (χ2v) is 6.72. The van der Waals surface area contributed by atoms with E-state index in [4.69, 9.17) is 9.47 Å². The zero-order valence-corrected chi connectivity index (χ0v) is 13.9. The fraction of sp³-hybridized carbons (Fsp3) is 0.714. The largest absolute Gasteiger partial charge is 0.467 e. The van der Waals surface area contributed by atoms with E-state index in [0.29, 0.717) is 12.1 Å². The smallest absolute Gasteiger partial charge is 0.331 e. The molecule has 116 valence electrons. The van der Waals surface area contributed by atoms with E-state index in [1.54, 1.807) is 0 Å². The summed E-state index contributed by atoms with van der Waals surface area (Å²) in [5.74, 6) is 0.519. The van der Waals surface area contributed by atoms with Crippen molar-refractivity contribution >= 4 is 21.9 Å². The Morgan fingerprint density at radius 1 is 1.52 bits per heavy atom. The predicted molar refractivity (Wildman–Crippen MR) is 79.7 cm³/mol. The van der Waals surface area contributed by atoms with Crippen LogP contribution < -0.4 is 5.32 Å². The molecule has 6 nitrogen and oxygen atoms in total. The molecule has 2 unspecified atom stereocenters. The minimum absolute atomic E-state index is 0.0413. The lowest BCUT2D eigenvalue weighted by molar-refractivity contribution is -0.159. The number of imidazole rings is 1. The number of rotatable bonds is 4. The average Bonchev–Trinajstić information content (AvgIpc) is 2.98. The minimum Gasteiger partial charge on any atom is -0.467 e. The highest BCUT2D eigenvalue weighted by molar-refractivity contribution is 9.10. The molecule has 0 amide bonds. The number of piperidine rings is 1. The molecule has 2 atom stereocenters. The Labute approximate surface area is 132 Å². The third-order valence-corrected chi connectivity index (χ3v) is 4.82. The van der Waals surface area contributed by atoms with E-state index in [0.717, 1.165) is 36.1 Å². The van der Waals surface area contributed by atoms with Gasteiger partial charge in [-0.2, -0.15) is 0 Å². The molecule has 2 aliphatic heterocycles. The molecule has 0 aromatic carbocycles. The number of methoxy groups -OCH3 is 1. The second kappa shape index (κ2) is 5.70. The molecule has 2 bridgehead atoms. The fourth-order valence-corrected chi connectivity index (χ4v) is 4.05. The summed E-state index contributed by atoms with van der Waals surface area (Å²) in [6.45, 7) is -0.0413. The van der Waals surface area contributed by atoms with Gasteiger partial charge < -0.3 is 19.4 Å². The molecule has 21 heavy (non-hydrogen) atoms. The van der Waals surface area contributed by atoms with Crippen molar-refractivity contribution in [1.82, 2.24) is 14.9 Å². The van der Waals surface area contributed by atoms with E-state index in [1.165, 1.54) is 7.11 Å². The van der Waals surface area contributed by atoms with Crippen LogP contribution in [0.5, 0.6) is 0 Å². The monoisotopic (exact) mass is 357 g/mol. The molecule has 1 N–H and O–H groups in total.